The molecule has 114 valence electrons. The zero-order valence-electron chi connectivity index (χ0n) is 12.7. The molecule has 0 spiro atoms. The molecule has 0 aromatic rings. The van der Waals surface area contributed by atoms with Crippen LogP contribution in [0, 0.1) is 0 Å². The van der Waals surface area contributed by atoms with Crippen molar-refractivity contribution in [3.63, 3.8) is 0 Å². The maximum atomic E-state index is 11.5. The van der Waals surface area contributed by atoms with Gasteiger partial charge < -0.3 is 14.2 Å². The van der Waals surface area contributed by atoms with Crippen LogP contribution in [0.2, 0.25) is 0 Å². The Hall–Kier alpha value is -1.46. The van der Waals surface area contributed by atoms with Crippen molar-refractivity contribution in [1.82, 2.24) is 0 Å². The molecule has 5 heteroatoms. The number of ether oxygens (including phenoxy) is 3. The number of carbonyl (C=O) groups excluding carboxylic acids is 2. The van der Waals surface area contributed by atoms with E-state index in [4.69, 9.17) is 9.47 Å². The number of allylic oxidation sites excluding steroid dienone is 3. The van der Waals surface area contributed by atoms with Gasteiger partial charge in [0.1, 0.15) is 0 Å². The second-order valence-electron chi connectivity index (χ2n) is 4.23. The Morgan fingerprint density at radius 1 is 1.10 bits per heavy atom. The molecule has 0 aliphatic carbocycles. The van der Waals surface area contributed by atoms with Crippen molar-refractivity contribution in [2.75, 3.05) is 21.3 Å². The van der Waals surface area contributed by atoms with Crippen LogP contribution < -0.4 is 0 Å². The second kappa shape index (κ2) is 11.4. The van der Waals surface area contributed by atoms with Crippen molar-refractivity contribution in [3.05, 3.63) is 23.8 Å². The second-order valence-corrected chi connectivity index (χ2v) is 4.23. The molecule has 0 N–H and O–H groups in total. The topological polar surface area (TPSA) is 61.8 Å². The van der Waals surface area contributed by atoms with Gasteiger partial charge in [0.15, 0.2) is 12.1 Å². The number of methoxy groups -OCH3 is 3. The maximum Gasteiger partial charge on any atom is 0.305 e. The molecule has 0 heterocycles. The third-order valence-electron chi connectivity index (χ3n) is 2.74. The monoisotopic (exact) mass is 284 g/mol. The van der Waals surface area contributed by atoms with Crippen molar-refractivity contribution in [3.8, 4) is 0 Å². The first-order valence-corrected chi connectivity index (χ1v) is 6.54. The average molecular weight is 284 g/mol. The lowest BCUT2D eigenvalue weighted by atomic mass is 10.1. The molecular weight excluding hydrogens is 260 g/mol. The molecule has 20 heavy (non-hydrogen) atoms. The zero-order chi connectivity index (χ0) is 15.4. The van der Waals surface area contributed by atoms with Crippen LogP contribution in [0.1, 0.15) is 32.6 Å². The van der Waals surface area contributed by atoms with Crippen molar-refractivity contribution >= 4 is 11.8 Å². The van der Waals surface area contributed by atoms with Crippen LogP contribution in [0.3, 0.4) is 0 Å². The number of esters is 1. The minimum Gasteiger partial charge on any atom is -0.469 e. The van der Waals surface area contributed by atoms with E-state index in [0.29, 0.717) is 18.4 Å². The van der Waals surface area contributed by atoms with Gasteiger partial charge >= 0.3 is 5.97 Å². The molecule has 0 atom stereocenters. The summed E-state index contributed by atoms with van der Waals surface area (Å²) in [5.41, 5.74) is 0.642. The van der Waals surface area contributed by atoms with E-state index in [1.54, 1.807) is 6.08 Å². The van der Waals surface area contributed by atoms with Gasteiger partial charge in [-0.25, -0.2) is 0 Å². The quantitative estimate of drug-likeness (QED) is 0.203. The van der Waals surface area contributed by atoms with Gasteiger partial charge in [0, 0.05) is 20.6 Å². The summed E-state index contributed by atoms with van der Waals surface area (Å²) in [7, 11) is 4.42. The van der Waals surface area contributed by atoms with Gasteiger partial charge in [-0.3, -0.25) is 9.59 Å². The predicted octanol–water partition coefficient (Wildman–Crippen LogP) is 2.41. The van der Waals surface area contributed by atoms with Crippen LogP contribution in [0.25, 0.3) is 0 Å². The summed E-state index contributed by atoms with van der Waals surface area (Å²) in [4.78, 5) is 22.4. The SMILES string of the molecule is COC(=O)CCC/C=C\C/C(=C/C(OC)OC)C(C)=O. The Morgan fingerprint density at radius 3 is 2.25 bits per heavy atom. The van der Waals surface area contributed by atoms with Gasteiger partial charge in [-0.1, -0.05) is 12.2 Å². The minimum atomic E-state index is -0.512. The normalized spacial score (nSPS) is 12.2. The van der Waals surface area contributed by atoms with Crippen LogP contribution in [-0.4, -0.2) is 39.4 Å². The number of rotatable bonds is 10. The molecule has 0 rings (SSSR count). The van der Waals surface area contributed by atoms with E-state index in [2.05, 4.69) is 4.74 Å². The van der Waals surface area contributed by atoms with Crippen molar-refractivity contribution < 1.29 is 23.8 Å². The van der Waals surface area contributed by atoms with Gasteiger partial charge in [0.2, 0.25) is 0 Å². The first kappa shape index (κ1) is 18.5. The Morgan fingerprint density at radius 2 is 1.75 bits per heavy atom. The lowest BCUT2D eigenvalue weighted by Gasteiger charge is -2.10. The molecule has 0 saturated heterocycles. The molecule has 0 bridgehead atoms. The smallest absolute Gasteiger partial charge is 0.305 e. The highest BCUT2D eigenvalue weighted by atomic mass is 16.7. The highest BCUT2D eigenvalue weighted by Crippen LogP contribution is 2.09. The lowest BCUT2D eigenvalue weighted by Crippen LogP contribution is -2.12. The molecule has 5 nitrogen and oxygen atoms in total. The van der Waals surface area contributed by atoms with Gasteiger partial charge in [0.25, 0.3) is 0 Å². The van der Waals surface area contributed by atoms with Gasteiger partial charge in [-0.15, -0.1) is 0 Å². The summed E-state index contributed by atoms with van der Waals surface area (Å²) in [6, 6.07) is 0. The highest BCUT2D eigenvalue weighted by molar-refractivity contribution is 5.93. The molecule has 0 aromatic heterocycles. The molecule has 0 aliphatic heterocycles. The minimum absolute atomic E-state index is 0.0108. The highest BCUT2D eigenvalue weighted by Gasteiger charge is 2.07. The van der Waals surface area contributed by atoms with E-state index >= 15 is 0 Å². The molecule has 0 saturated carbocycles. The predicted molar refractivity (Wildman–Crippen MR) is 76.2 cm³/mol. The first-order valence-electron chi connectivity index (χ1n) is 6.54. The Balaban J connectivity index is 4.21. The maximum absolute atomic E-state index is 11.5. The summed E-state index contributed by atoms with van der Waals surface area (Å²) >= 11 is 0. The molecule has 0 amide bonds. The van der Waals surface area contributed by atoms with Gasteiger partial charge in [-0.05, 0) is 37.8 Å². The van der Waals surface area contributed by atoms with Crippen LogP contribution in [0.5, 0.6) is 0 Å². The Bertz CT molecular complexity index is 353. The van der Waals surface area contributed by atoms with Crippen LogP contribution in [0.4, 0.5) is 0 Å². The van der Waals surface area contributed by atoms with E-state index in [0.717, 1.165) is 12.8 Å². The van der Waals surface area contributed by atoms with Crippen molar-refractivity contribution in [2.24, 2.45) is 0 Å². The molecule has 0 aromatic carbocycles. The van der Waals surface area contributed by atoms with Crippen LogP contribution >= 0.6 is 0 Å². The summed E-state index contributed by atoms with van der Waals surface area (Å²) in [5.74, 6) is -0.214. The summed E-state index contributed by atoms with van der Waals surface area (Å²) in [6.45, 7) is 1.51. The van der Waals surface area contributed by atoms with E-state index in [-0.39, 0.29) is 11.8 Å². The van der Waals surface area contributed by atoms with Gasteiger partial charge in [0.05, 0.1) is 7.11 Å². The molecule has 0 unspecified atom stereocenters. The fourth-order valence-corrected chi connectivity index (χ4v) is 1.52. The number of Topliss-reactive ketones (excluding diaryl/α,β-unsaturated/α-hetero) is 1. The average Bonchev–Trinajstić information content (AvgIpc) is 2.45. The number of hydrogen-bond acceptors (Lipinski definition) is 5. The molecule has 0 radical (unpaired) electrons. The number of carbonyl (C=O) groups is 2. The van der Waals surface area contributed by atoms with Crippen LogP contribution in [-0.2, 0) is 23.8 Å². The Labute approximate surface area is 120 Å². The lowest BCUT2D eigenvalue weighted by molar-refractivity contribution is -0.140. The largest absolute Gasteiger partial charge is 0.469 e. The van der Waals surface area contributed by atoms with Crippen molar-refractivity contribution in [1.29, 1.82) is 0 Å². The summed E-state index contributed by atoms with van der Waals surface area (Å²) < 4.78 is 14.6. The van der Waals surface area contributed by atoms with E-state index in [1.807, 2.05) is 12.2 Å². The number of unbranched alkanes of at least 4 members (excludes halogenated alkanes) is 1. The fourth-order valence-electron chi connectivity index (χ4n) is 1.52. The third kappa shape index (κ3) is 8.61. The van der Waals surface area contributed by atoms with Gasteiger partial charge in [-0.2, -0.15) is 0 Å². The first-order chi connectivity index (χ1) is 9.54. The van der Waals surface area contributed by atoms with Crippen molar-refractivity contribution in [2.45, 2.75) is 38.9 Å². The fraction of sp³-hybridized carbons (Fsp3) is 0.600. The Kier molecular flexibility index (Phi) is 10.5. The summed E-state index contributed by atoms with van der Waals surface area (Å²) in [6.07, 6.45) is 7.46. The molecular formula is C15H24O5. The zero-order valence-corrected chi connectivity index (χ0v) is 12.7. The van der Waals surface area contributed by atoms with E-state index < -0.39 is 6.29 Å². The molecule has 0 aliphatic rings. The number of hydrogen-bond donors (Lipinski definition) is 0. The molecule has 0 fully saturated rings. The van der Waals surface area contributed by atoms with E-state index in [9.17, 15) is 9.59 Å². The van der Waals surface area contributed by atoms with Crippen LogP contribution in [0.15, 0.2) is 23.8 Å². The summed E-state index contributed by atoms with van der Waals surface area (Å²) in [5, 5.41) is 0. The number of ketones is 1. The standard InChI is InChI=1S/C15H24O5/c1-12(16)13(11-15(19-3)20-4)9-7-5-6-8-10-14(17)18-2/h5,7,11,15H,6,8-10H2,1-4H3/b7-5-,13-11-. The van der Waals surface area contributed by atoms with E-state index in [1.165, 1.54) is 28.3 Å². The third-order valence-corrected chi connectivity index (χ3v) is 2.74.